The summed E-state index contributed by atoms with van der Waals surface area (Å²) in [6, 6.07) is 11.1. The van der Waals surface area contributed by atoms with Crippen LogP contribution in [-0.4, -0.2) is 17.1 Å². The van der Waals surface area contributed by atoms with E-state index < -0.39 is 0 Å². The molecule has 0 aliphatic carbocycles. The first-order valence-electron chi connectivity index (χ1n) is 6.39. The summed E-state index contributed by atoms with van der Waals surface area (Å²) in [6.07, 6.45) is 0. The molecule has 108 valence electrons. The Balaban J connectivity index is 2.00. The van der Waals surface area contributed by atoms with Crippen LogP contribution in [0.5, 0.6) is 5.75 Å². The lowest BCUT2D eigenvalue weighted by Gasteiger charge is -2.14. The monoisotopic (exact) mass is 347 g/mol. The maximum atomic E-state index is 11.3. The second-order valence-electron chi connectivity index (χ2n) is 4.76. The van der Waals surface area contributed by atoms with Crippen LogP contribution in [0.25, 0.3) is 11.0 Å². The molecule has 3 aromatic rings. The fraction of sp³-hybridized carbons (Fsp3) is 0.133. The normalized spacial score (nSPS) is 12.5. The van der Waals surface area contributed by atoms with Crippen LogP contribution in [0.4, 0.5) is 0 Å². The maximum absolute atomic E-state index is 11.3. The highest BCUT2D eigenvalue weighted by Gasteiger charge is 2.12. The van der Waals surface area contributed by atoms with Crippen molar-refractivity contribution in [3.63, 3.8) is 0 Å². The summed E-state index contributed by atoms with van der Waals surface area (Å²) >= 11 is 3.46. The zero-order chi connectivity index (χ0) is 15.0. The number of nitrogens with two attached hydrogens (primary N) is 1. The first-order chi connectivity index (χ1) is 10.1. The molecule has 0 saturated carbocycles. The molecule has 0 radical (unpaired) electrons. The van der Waals surface area contributed by atoms with Crippen molar-refractivity contribution >= 4 is 27.0 Å². The van der Waals surface area contributed by atoms with E-state index in [0.29, 0.717) is 0 Å². The van der Waals surface area contributed by atoms with Crippen molar-refractivity contribution < 1.29 is 4.74 Å². The summed E-state index contributed by atoms with van der Waals surface area (Å²) in [4.78, 5) is 16.7. The Morgan fingerprint density at radius 3 is 2.48 bits per heavy atom. The van der Waals surface area contributed by atoms with E-state index in [1.165, 1.54) is 0 Å². The molecule has 5 nitrogen and oxygen atoms in total. The van der Waals surface area contributed by atoms with Crippen molar-refractivity contribution in [3.8, 4) is 5.75 Å². The molecule has 2 aromatic carbocycles. The number of aromatic nitrogens is 2. The zero-order valence-corrected chi connectivity index (χ0v) is 12.9. The number of hydrogen-bond acceptors (Lipinski definition) is 3. The van der Waals surface area contributed by atoms with Gasteiger partial charge in [0.15, 0.2) is 0 Å². The number of aromatic amines is 2. The molecule has 0 aliphatic heterocycles. The van der Waals surface area contributed by atoms with Gasteiger partial charge in [-0.2, -0.15) is 0 Å². The van der Waals surface area contributed by atoms with Crippen LogP contribution >= 0.6 is 15.9 Å². The largest absolute Gasteiger partial charge is 0.496 e. The summed E-state index contributed by atoms with van der Waals surface area (Å²) in [5.74, 6) is 0.761. The van der Waals surface area contributed by atoms with E-state index in [1.807, 2.05) is 36.4 Å². The van der Waals surface area contributed by atoms with Crippen LogP contribution in [0, 0.1) is 0 Å². The zero-order valence-electron chi connectivity index (χ0n) is 11.3. The smallest absolute Gasteiger partial charge is 0.323 e. The van der Waals surface area contributed by atoms with E-state index in [1.54, 1.807) is 7.11 Å². The molecule has 3 rings (SSSR count). The standard InChI is InChI=1S/C15H14BrN3O2/c1-21-13-5-3-8(6-10(13)16)14(17)9-2-4-11-12(7-9)19-15(20)18-11/h2-7,14H,17H2,1H3,(H2,18,19,20). The summed E-state index contributed by atoms with van der Waals surface area (Å²) in [7, 11) is 1.62. The Morgan fingerprint density at radius 2 is 1.76 bits per heavy atom. The second kappa shape index (κ2) is 5.38. The van der Waals surface area contributed by atoms with Crippen molar-refractivity contribution in [1.82, 2.24) is 9.97 Å². The van der Waals surface area contributed by atoms with Gasteiger partial charge in [-0.1, -0.05) is 12.1 Å². The van der Waals surface area contributed by atoms with E-state index in [-0.39, 0.29) is 11.7 Å². The van der Waals surface area contributed by atoms with Crippen LogP contribution < -0.4 is 16.2 Å². The first kappa shape index (κ1) is 13.9. The number of rotatable bonds is 3. The fourth-order valence-corrected chi connectivity index (χ4v) is 2.87. The minimum absolute atomic E-state index is 0.220. The molecule has 1 heterocycles. The molecule has 21 heavy (non-hydrogen) atoms. The molecular formula is C15H14BrN3O2. The SMILES string of the molecule is COc1ccc(C(N)c2ccc3[nH]c(=O)[nH]c3c2)cc1Br. The van der Waals surface area contributed by atoms with Gasteiger partial charge in [0.1, 0.15) is 5.75 Å². The Bertz CT molecular complexity index is 853. The van der Waals surface area contributed by atoms with Gasteiger partial charge in [0, 0.05) is 0 Å². The van der Waals surface area contributed by atoms with Crippen molar-refractivity contribution in [2.75, 3.05) is 7.11 Å². The van der Waals surface area contributed by atoms with Crippen molar-refractivity contribution in [2.24, 2.45) is 5.73 Å². The fourth-order valence-electron chi connectivity index (χ4n) is 2.31. The van der Waals surface area contributed by atoms with Crippen molar-refractivity contribution in [1.29, 1.82) is 0 Å². The Kier molecular flexibility index (Phi) is 3.57. The predicted molar refractivity (Wildman–Crippen MR) is 85.6 cm³/mol. The second-order valence-corrected chi connectivity index (χ2v) is 5.61. The Labute approximate surface area is 129 Å². The average Bonchev–Trinajstić information content (AvgIpc) is 2.85. The van der Waals surface area contributed by atoms with Crippen LogP contribution in [-0.2, 0) is 0 Å². The van der Waals surface area contributed by atoms with Crippen molar-refractivity contribution in [3.05, 3.63) is 62.5 Å². The quantitative estimate of drug-likeness (QED) is 0.680. The van der Waals surface area contributed by atoms with Gasteiger partial charge < -0.3 is 20.4 Å². The van der Waals surface area contributed by atoms with Gasteiger partial charge in [0.2, 0.25) is 0 Å². The molecule has 0 fully saturated rings. The lowest BCUT2D eigenvalue weighted by atomic mass is 9.99. The predicted octanol–water partition coefficient (Wildman–Crippen LogP) is 2.68. The van der Waals surface area contributed by atoms with Crippen LogP contribution in [0.2, 0.25) is 0 Å². The van der Waals surface area contributed by atoms with Crippen LogP contribution in [0.3, 0.4) is 0 Å². The topological polar surface area (TPSA) is 83.9 Å². The third kappa shape index (κ3) is 2.59. The Morgan fingerprint density at radius 1 is 1.10 bits per heavy atom. The summed E-state index contributed by atoms with van der Waals surface area (Å²) in [6.45, 7) is 0. The number of H-pyrrole nitrogens is 2. The number of hydrogen-bond donors (Lipinski definition) is 3. The van der Waals surface area contributed by atoms with Gasteiger partial charge in [-0.3, -0.25) is 0 Å². The van der Waals surface area contributed by atoms with Crippen LogP contribution in [0.1, 0.15) is 17.2 Å². The van der Waals surface area contributed by atoms with Gasteiger partial charge in [-0.15, -0.1) is 0 Å². The van der Waals surface area contributed by atoms with E-state index in [2.05, 4.69) is 25.9 Å². The highest BCUT2D eigenvalue weighted by atomic mass is 79.9. The highest BCUT2D eigenvalue weighted by Crippen LogP contribution is 2.30. The van der Waals surface area contributed by atoms with Gasteiger partial charge in [0.05, 0.1) is 28.7 Å². The minimum atomic E-state index is -0.282. The number of methoxy groups -OCH3 is 1. The molecule has 0 aliphatic rings. The number of nitrogens with one attached hydrogen (secondary N) is 2. The molecule has 4 N–H and O–H groups in total. The molecular weight excluding hydrogens is 334 g/mol. The lowest BCUT2D eigenvalue weighted by Crippen LogP contribution is -2.11. The number of benzene rings is 2. The Hall–Kier alpha value is -2.05. The first-order valence-corrected chi connectivity index (χ1v) is 7.19. The summed E-state index contributed by atoms with van der Waals surface area (Å²) < 4.78 is 6.07. The highest BCUT2D eigenvalue weighted by molar-refractivity contribution is 9.10. The van der Waals surface area contributed by atoms with Gasteiger partial charge >= 0.3 is 5.69 Å². The van der Waals surface area contributed by atoms with Gasteiger partial charge in [0.25, 0.3) is 0 Å². The van der Waals surface area contributed by atoms with Gasteiger partial charge in [-0.25, -0.2) is 4.79 Å². The van der Waals surface area contributed by atoms with E-state index in [9.17, 15) is 4.79 Å². The molecule has 6 heteroatoms. The third-order valence-corrected chi connectivity index (χ3v) is 4.05. The van der Waals surface area contributed by atoms with E-state index in [0.717, 1.165) is 32.4 Å². The number of fused-ring (bicyclic) bond motifs is 1. The van der Waals surface area contributed by atoms with Crippen molar-refractivity contribution in [2.45, 2.75) is 6.04 Å². The number of ether oxygens (including phenoxy) is 1. The molecule has 1 aromatic heterocycles. The molecule has 0 spiro atoms. The minimum Gasteiger partial charge on any atom is -0.496 e. The third-order valence-electron chi connectivity index (χ3n) is 3.43. The van der Waals surface area contributed by atoms with Gasteiger partial charge in [-0.05, 0) is 51.3 Å². The molecule has 0 bridgehead atoms. The number of halogens is 1. The maximum Gasteiger partial charge on any atom is 0.323 e. The molecule has 1 atom stereocenters. The summed E-state index contributed by atoms with van der Waals surface area (Å²) in [5.41, 5.74) is 9.50. The number of imidazole rings is 1. The lowest BCUT2D eigenvalue weighted by molar-refractivity contribution is 0.412. The molecule has 1 unspecified atom stereocenters. The van der Waals surface area contributed by atoms with E-state index >= 15 is 0 Å². The average molecular weight is 348 g/mol. The summed E-state index contributed by atoms with van der Waals surface area (Å²) in [5, 5.41) is 0. The molecule has 0 amide bonds. The van der Waals surface area contributed by atoms with E-state index in [4.69, 9.17) is 10.5 Å². The van der Waals surface area contributed by atoms with Crippen LogP contribution in [0.15, 0.2) is 45.7 Å². The molecule has 0 saturated heterocycles.